The molecule has 0 fully saturated rings. The second kappa shape index (κ2) is 9.68. The number of hydrogen-bond donors (Lipinski definition) is 3. The lowest BCUT2D eigenvalue weighted by Crippen LogP contribution is -2.33. The molecule has 31 heavy (non-hydrogen) atoms. The van der Waals surface area contributed by atoms with E-state index in [9.17, 15) is 5.11 Å². The molecule has 4 aromatic rings. The van der Waals surface area contributed by atoms with E-state index in [4.69, 9.17) is 14.2 Å². The third kappa shape index (κ3) is 4.90. The van der Waals surface area contributed by atoms with Crippen LogP contribution in [0.2, 0.25) is 0 Å². The number of fused-ring (bicyclic) bond motifs is 2. The van der Waals surface area contributed by atoms with Crippen LogP contribution in [0.1, 0.15) is 5.69 Å². The zero-order chi connectivity index (χ0) is 21.6. The molecule has 0 aliphatic rings. The van der Waals surface area contributed by atoms with Gasteiger partial charge in [-0.2, -0.15) is 5.10 Å². The molecule has 3 aromatic carbocycles. The molecule has 1 atom stereocenters. The van der Waals surface area contributed by atoms with Gasteiger partial charge in [-0.05, 0) is 42.6 Å². The smallest absolute Gasteiger partial charge is 0.130 e. The molecule has 162 valence electrons. The maximum absolute atomic E-state index is 10.3. The average Bonchev–Trinajstić information content (AvgIpc) is 3.18. The maximum atomic E-state index is 10.3. The molecule has 0 saturated carbocycles. The molecule has 0 aliphatic heterocycles. The van der Waals surface area contributed by atoms with E-state index in [0.29, 0.717) is 19.7 Å². The van der Waals surface area contributed by atoms with Gasteiger partial charge < -0.3 is 24.6 Å². The second-order valence-corrected chi connectivity index (χ2v) is 7.36. The zero-order valence-corrected chi connectivity index (χ0v) is 17.7. The quantitative estimate of drug-likeness (QED) is 0.340. The number of rotatable bonds is 10. The highest BCUT2D eigenvalue weighted by atomic mass is 16.5. The number of aromatic nitrogens is 2. The fraction of sp³-hybridized carbons (Fsp3) is 0.292. The summed E-state index contributed by atoms with van der Waals surface area (Å²) < 4.78 is 17.1. The molecule has 0 radical (unpaired) electrons. The number of benzene rings is 3. The standard InChI is InChI=1S/C24H27N3O4/c1-16-24-21(27-26-16)6-4-8-23(24)31-15-18(28)14-25-11-12-30-22-7-3-5-17-9-10-19(29-2)13-20(17)22/h3-10,13,18,25,28H,11-12,14-15H2,1-2H3,(H,26,27)/t18-/m0/s1. The predicted octanol–water partition coefficient (Wildman–Crippen LogP) is 3.44. The van der Waals surface area contributed by atoms with E-state index in [1.807, 2.05) is 61.5 Å². The number of H-pyrrole nitrogens is 1. The van der Waals surface area contributed by atoms with E-state index in [1.165, 1.54) is 0 Å². The molecule has 1 heterocycles. The number of aliphatic hydroxyl groups excluding tert-OH is 1. The third-order valence-corrected chi connectivity index (χ3v) is 5.12. The summed E-state index contributed by atoms with van der Waals surface area (Å²) >= 11 is 0. The van der Waals surface area contributed by atoms with Crippen molar-refractivity contribution in [2.45, 2.75) is 13.0 Å². The van der Waals surface area contributed by atoms with Crippen molar-refractivity contribution in [1.82, 2.24) is 15.5 Å². The summed E-state index contributed by atoms with van der Waals surface area (Å²) in [7, 11) is 1.65. The van der Waals surface area contributed by atoms with Crippen LogP contribution in [0.25, 0.3) is 21.7 Å². The van der Waals surface area contributed by atoms with Gasteiger partial charge in [0.15, 0.2) is 0 Å². The van der Waals surface area contributed by atoms with Crippen LogP contribution in [0.3, 0.4) is 0 Å². The molecule has 1 aromatic heterocycles. The fourth-order valence-corrected chi connectivity index (χ4v) is 3.53. The van der Waals surface area contributed by atoms with Crippen LogP contribution < -0.4 is 19.5 Å². The Hall–Kier alpha value is -3.29. The molecule has 0 amide bonds. The van der Waals surface area contributed by atoms with Crippen molar-refractivity contribution >= 4 is 21.7 Å². The Kier molecular flexibility index (Phi) is 6.54. The van der Waals surface area contributed by atoms with Crippen LogP contribution in [-0.4, -0.2) is 54.8 Å². The fourth-order valence-electron chi connectivity index (χ4n) is 3.53. The van der Waals surface area contributed by atoms with E-state index >= 15 is 0 Å². The van der Waals surface area contributed by atoms with Gasteiger partial charge in [0.05, 0.1) is 18.0 Å². The van der Waals surface area contributed by atoms with Gasteiger partial charge in [-0.3, -0.25) is 5.10 Å². The Morgan fingerprint density at radius 3 is 2.77 bits per heavy atom. The largest absolute Gasteiger partial charge is 0.497 e. The first-order valence-electron chi connectivity index (χ1n) is 10.3. The minimum Gasteiger partial charge on any atom is -0.497 e. The first-order valence-corrected chi connectivity index (χ1v) is 10.3. The van der Waals surface area contributed by atoms with Crippen molar-refractivity contribution in [2.24, 2.45) is 0 Å². The normalized spacial score (nSPS) is 12.2. The van der Waals surface area contributed by atoms with Gasteiger partial charge in [0.1, 0.15) is 36.6 Å². The molecule has 4 rings (SSSR count). The van der Waals surface area contributed by atoms with Crippen LogP contribution >= 0.6 is 0 Å². The molecule has 0 unspecified atom stereocenters. The number of nitrogens with zero attached hydrogens (tertiary/aromatic N) is 1. The summed E-state index contributed by atoms with van der Waals surface area (Å²) in [5, 5.41) is 23.7. The second-order valence-electron chi connectivity index (χ2n) is 7.36. The molecule has 7 nitrogen and oxygen atoms in total. The number of methoxy groups -OCH3 is 1. The van der Waals surface area contributed by atoms with E-state index in [2.05, 4.69) is 15.5 Å². The zero-order valence-electron chi connectivity index (χ0n) is 17.7. The van der Waals surface area contributed by atoms with E-state index in [1.54, 1.807) is 7.11 Å². The number of aliphatic hydroxyl groups is 1. The summed E-state index contributed by atoms with van der Waals surface area (Å²) in [4.78, 5) is 0. The molecule has 7 heteroatoms. The monoisotopic (exact) mass is 421 g/mol. The minimum atomic E-state index is -0.635. The third-order valence-electron chi connectivity index (χ3n) is 5.12. The highest BCUT2D eigenvalue weighted by Crippen LogP contribution is 2.29. The lowest BCUT2D eigenvalue weighted by atomic mass is 10.1. The highest BCUT2D eigenvalue weighted by Gasteiger charge is 2.11. The Bertz CT molecular complexity index is 1160. The summed E-state index contributed by atoms with van der Waals surface area (Å²) in [6.45, 7) is 3.64. The Morgan fingerprint density at radius 1 is 1.06 bits per heavy atom. The number of nitrogens with one attached hydrogen (secondary N) is 2. The molecular weight excluding hydrogens is 394 g/mol. The number of aryl methyl sites for hydroxylation is 1. The number of aromatic amines is 1. The van der Waals surface area contributed by atoms with Gasteiger partial charge in [-0.1, -0.05) is 24.3 Å². The van der Waals surface area contributed by atoms with Gasteiger partial charge in [0, 0.05) is 24.2 Å². The molecule has 0 bridgehead atoms. The predicted molar refractivity (Wildman–Crippen MR) is 121 cm³/mol. The van der Waals surface area contributed by atoms with Crippen LogP contribution in [0.15, 0.2) is 54.6 Å². The van der Waals surface area contributed by atoms with Gasteiger partial charge in [-0.15, -0.1) is 0 Å². The summed E-state index contributed by atoms with van der Waals surface area (Å²) in [5.41, 5.74) is 1.80. The van der Waals surface area contributed by atoms with Crippen molar-refractivity contribution in [3.63, 3.8) is 0 Å². The maximum Gasteiger partial charge on any atom is 0.130 e. The molecule has 0 saturated heterocycles. The van der Waals surface area contributed by atoms with Gasteiger partial charge in [-0.25, -0.2) is 0 Å². The van der Waals surface area contributed by atoms with Crippen LogP contribution in [0, 0.1) is 6.92 Å². The van der Waals surface area contributed by atoms with E-state index in [0.717, 1.165) is 44.6 Å². The molecule has 0 spiro atoms. The highest BCUT2D eigenvalue weighted by molar-refractivity contribution is 5.89. The van der Waals surface area contributed by atoms with Crippen molar-refractivity contribution in [1.29, 1.82) is 0 Å². The average molecular weight is 421 g/mol. The van der Waals surface area contributed by atoms with Gasteiger partial charge >= 0.3 is 0 Å². The van der Waals surface area contributed by atoms with Crippen LogP contribution in [0.4, 0.5) is 0 Å². The van der Waals surface area contributed by atoms with Gasteiger partial charge in [0.25, 0.3) is 0 Å². The first kappa shape index (κ1) is 21.0. The summed E-state index contributed by atoms with van der Waals surface area (Å²) in [6.07, 6.45) is -0.635. The van der Waals surface area contributed by atoms with E-state index < -0.39 is 6.10 Å². The lowest BCUT2D eigenvalue weighted by molar-refractivity contribution is 0.106. The SMILES string of the molecule is COc1ccc2cccc(OCCNC[C@H](O)COc3cccc4n[nH]c(C)c34)c2c1. The van der Waals surface area contributed by atoms with Gasteiger partial charge in [0.2, 0.25) is 0 Å². The molecular formula is C24H27N3O4. The van der Waals surface area contributed by atoms with Crippen LogP contribution in [-0.2, 0) is 0 Å². The Balaban J connectivity index is 1.23. The topological polar surface area (TPSA) is 88.6 Å². The Labute approximate surface area is 180 Å². The summed E-state index contributed by atoms with van der Waals surface area (Å²) in [5.74, 6) is 2.33. The van der Waals surface area contributed by atoms with Crippen molar-refractivity contribution in [3.8, 4) is 17.2 Å². The van der Waals surface area contributed by atoms with Crippen molar-refractivity contribution in [3.05, 3.63) is 60.3 Å². The molecule has 0 aliphatic carbocycles. The Morgan fingerprint density at radius 2 is 1.90 bits per heavy atom. The van der Waals surface area contributed by atoms with Crippen LogP contribution in [0.5, 0.6) is 17.2 Å². The van der Waals surface area contributed by atoms with Crippen molar-refractivity contribution in [2.75, 3.05) is 33.4 Å². The molecule has 3 N–H and O–H groups in total. The minimum absolute atomic E-state index is 0.195. The lowest BCUT2D eigenvalue weighted by Gasteiger charge is -2.15. The first-order chi connectivity index (χ1) is 15.2. The number of hydrogen-bond acceptors (Lipinski definition) is 6. The van der Waals surface area contributed by atoms with Crippen molar-refractivity contribution < 1.29 is 19.3 Å². The number of ether oxygens (including phenoxy) is 3. The summed E-state index contributed by atoms with van der Waals surface area (Å²) in [6, 6.07) is 17.6. The van der Waals surface area contributed by atoms with E-state index in [-0.39, 0.29) is 6.61 Å².